The molecule has 1 aromatic rings. The van der Waals surface area contributed by atoms with Crippen LogP contribution in [-0.2, 0) is 9.59 Å². The number of anilines is 2. The summed E-state index contributed by atoms with van der Waals surface area (Å²) in [6.07, 6.45) is 4.21. The topological polar surface area (TPSA) is 89.9 Å². The van der Waals surface area contributed by atoms with Gasteiger partial charge in [-0.2, -0.15) is 0 Å². The number of carbonyl (C=O) groups excluding carboxylic acids is 1. The molecule has 0 bridgehead atoms. The van der Waals surface area contributed by atoms with E-state index in [1.165, 1.54) is 6.33 Å². The summed E-state index contributed by atoms with van der Waals surface area (Å²) in [5.41, 5.74) is -0.630. The standard InChI is InChI=1S/C17H23N5O3/c1-20-5-6-21(9-15(20)23)13-7-14(19-11-18-13)22-8-12-3-2-4-17(12,10-22)16(24)25/h7,11-12H,2-6,8-10H2,1H3,(H,24,25)/t12-,17+/m0/s1. The van der Waals surface area contributed by atoms with Crippen LogP contribution in [0.15, 0.2) is 12.4 Å². The number of hydrogen-bond acceptors (Lipinski definition) is 6. The number of fused-ring (bicyclic) bond motifs is 1. The molecule has 4 rings (SSSR count). The van der Waals surface area contributed by atoms with Gasteiger partial charge in [-0.3, -0.25) is 9.59 Å². The largest absolute Gasteiger partial charge is 0.481 e. The highest BCUT2D eigenvalue weighted by Gasteiger charge is 2.55. The average Bonchev–Trinajstić information content (AvgIpc) is 3.16. The molecule has 2 saturated heterocycles. The van der Waals surface area contributed by atoms with E-state index in [-0.39, 0.29) is 11.8 Å². The second-order valence-electron chi connectivity index (χ2n) is 7.40. The summed E-state index contributed by atoms with van der Waals surface area (Å²) < 4.78 is 0. The highest BCUT2D eigenvalue weighted by molar-refractivity contribution is 5.82. The van der Waals surface area contributed by atoms with Gasteiger partial charge < -0.3 is 19.8 Å². The van der Waals surface area contributed by atoms with Gasteiger partial charge in [0.15, 0.2) is 0 Å². The molecule has 134 valence electrons. The molecule has 0 spiro atoms. The van der Waals surface area contributed by atoms with Crippen LogP contribution in [0.5, 0.6) is 0 Å². The summed E-state index contributed by atoms with van der Waals surface area (Å²) in [7, 11) is 1.80. The maximum absolute atomic E-state index is 11.9. The third kappa shape index (κ3) is 2.60. The van der Waals surface area contributed by atoms with Gasteiger partial charge in [0.25, 0.3) is 0 Å². The Hall–Kier alpha value is -2.38. The first-order valence-electron chi connectivity index (χ1n) is 8.79. The molecule has 1 N–H and O–H groups in total. The fourth-order valence-electron chi connectivity index (χ4n) is 4.45. The van der Waals surface area contributed by atoms with Crippen LogP contribution < -0.4 is 9.80 Å². The smallest absolute Gasteiger partial charge is 0.311 e. The molecule has 3 heterocycles. The van der Waals surface area contributed by atoms with Gasteiger partial charge in [0, 0.05) is 39.3 Å². The Bertz CT molecular complexity index is 711. The van der Waals surface area contributed by atoms with Crippen molar-refractivity contribution >= 4 is 23.5 Å². The van der Waals surface area contributed by atoms with E-state index in [9.17, 15) is 14.7 Å². The van der Waals surface area contributed by atoms with Crippen LogP contribution in [-0.4, -0.2) is 71.6 Å². The Balaban J connectivity index is 1.55. The van der Waals surface area contributed by atoms with Gasteiger partial charge in [0.2, 0.25) is 5.91 Å². The van der Waals surface area contributed by atoms with Crippen molar-refractivity contribution in [1.29, 1.82) is 0 Å². The lowest BCUT2D eigenvalue weighted by atomic mass is 9.81. The van der Waals surface area contributed by atoms with E-state index in [1.54, 1.807) is 11.9 Å². The van der Waals surface area contributed by atoms with Crippen molar-refractivity contribution in [3.8, 4) is 0 Å². The van der Waals surface area contributed by atoms with Crippen molar-refractivity contribution in [2.75, 3.05) is 49.6 Å². The molecular formula is C17H23N5O3. The van der Waals surface area contributed by atoms with E-state index >= 15 is 0 Å². The van der Waals surface area contributed by atoms with Crippen molar-refractivity contribution in [3.63, 3.8) is 0 Å². The van der Waals surface area contributed by atoms with E-state index < -0.39 is 11.4 Å². The van der Waals surface area contributed by atoms with Crippen LogP contribution in [0, 0.1) is 11.3 Å². The SMILES string of the molecule is CN1CCN(c2cc(N3C[C@@H]4CCC[C@@]4(C(=O)O)C3)ncn2)CC1=O. The van der Waals surface area contributed by atoms with Crippen molar-refractivity contribution in [2.45, 2.75) is 19.3 Å². The Morgan fingerprint density at radius 1 is 1.28 bits per heavy atom. The summed E-state index contributed by atoms with van der Waals surface area (Å²) in [6, 6.07) is 1.88. The van der Waals surface area contributed by atoms with Gasteiger partial charge in [-0.25, -0.2) is 9.97 Å². The Morgan fingerprint density at radius 3 is 2.72 bits per heavy atom. The molecule has 1 saturated carbocycles. The zero-order chi connectivity index (χ0) is 17.6. The van der Waals surface area contributed by atoms with Crippen LogP contribution in [0.25, 0.3) is 0 Å². The first-order valence-corrected chi connectivity index (χ1v) is 8.79. The van der Waals surface area contributed by atoms with Crippen molar-refractivity contribution < 1.29 is 14.7 Å². The number of hydrogen-bond donors (Lipinski definition) is 1. The first kappa shape index (κ1) is 16.1. The van der Waals surface area contributed by atoms with Gasteiger partial charge in [0.1, 0.15) is 18.0 Å². The molecule has 2 aliphatic heterocycles. The normalized spacial score (nSPS) is 29.2. The third-order valence-electron chi connectivity index (χ3n) is 6.04. The highest BCUT2D eigenvalue weighted by atomic mass is 16.4. The number of aliphatic carboxylic acids is 1. The molecule has 1 aromatic heterocycles. The van der Waals surface area contributed by atoms with Crippen LogP contribution in [0.2, 0.25) is 0 Å². The summed E-state index contributed by atoms with van der Waals surface area (Å²) >= 11 is 0. The number of carboxylic acid groups (broad SMARTS) is 1. The molecule has 2 atom stereocenters. The molecule has 8 heteroatoms. The van der Waals surface area contributed by atoms with Crippen LogP contribution in [0.1, 0.15) is 19.3 Å². The Kier molecular flexibility index (Phi) is 3.77. The number of piperazine rings is 1. The average molecular weight is 345 g/mol. The Labute approximate surface area is 146 Å². The van der Waals surface area contributed by atoms with E-state index in [1.807, 2.05) is 11.0 Å². The number of rotatable bonds is 3. The summed E-state index contributed by atoms with van der Waals surface area (Å²) in [5, 5.41) is 9.74. The number of amides is 1. The molecule has 3 fully saturated rings. The predicted molar refractivity (Wildman–Crippen MR) is 91.5 cm³/mol. The van der Waals surface area contributed by atoms with Crippen molar-refractivity contribution in [1.82, 2.24) is 14.9 Å². The Morgan fingerprint density at radius 2 is 2.04 bits per heavy atom. The minimum absolute atomic E-state index is 0.0759. The second kappa shape index (κ2) is 5.86. The van der Waals surface area contributed by atoms with Crippen LogP contribution in [0.3, 0.4) is 0 Å². The van der Waals surface area contributed by atoms with Gasteiger partial charge >= 0.3 is 5.97 Å². The minimum atomic E-state index is -0.684. The number of likely N-dealkylation sites (N-methyl/N-ethyl adjacent to an activating group) is 1. The summed E-state index contributed by atoms with van der Waals surface area (Å²) in [4.78, 5) is 38.2. The minimum Gasteiger partial charge on any atom is -0.481 e. The number of nitrogens with zero attached hydrogens (tertiary/aromatic N) is 5. The van der Waals surface area contributed by atoms with Gasteiger partial charge in [-0.05, 0) is 18.8 Å². The van der Waals surface area contributed by atoms with Crippen LogP contribution >= 0.6 is 0 Å². The maximum atomic E-state index is 11.9. The number of carbonyl (C=O) groups is 2. The lowest BCUT2D eigenvalue weighted by Crippen LogP contribution is -2.48. The van der Waals surface area contributed by atoms with E-state index in [4.69, 9.17) is 0 Å². The molecule has 1 amide bonds. The van der Waals surface area contributed by atoms with Gasteiger partial charge in [-0.15, -0.1) is 0 Å². The molecule has 0 radical (unpaired) electrons. The summed E-state index contributed by atoms with van der Waals surface area (Å²) in [6.45, 7) is 2.96. The molecule has 0 aromatic carbocycles. The zero-order valence-corrected chi connectivity index (χ0v) is 14.4. The van der Waals surface area contributed by atoms with E-state index in [0.717, 1.165) is 44.0 Å². The van der Waals surface area contributed by atoms with Gasteiger partial charge in [0.05, 0.1) is 12.0 Å². The highest BCUT2D eigenvalue weighted by Crippen LogP contribution is 2.49. The molecule has 1 aliphatic carbocycles. The number of aromatic nitrogens is 2. The first-order chi connectivity index (χ1) is 12.0. The second-order valence-corrected chi connectivity index (χ2v) is 7.40. The monoisotopic (exact) mass is 345 g/mol. The summed E-state index contributed by atoms with van der Waals surface area (Å²) in [5.74, 6) is 1.07. The van der Waals surface area contributed by atoms with E-state index in [0.29, 0.717) is 19.6 Å². The molecule has 3 aliphatic rings. The van der Waals surface area contributed by atoms with Crippen molar-refractivity contribution in [3.05, 3.63) is 12.4 Å². The predicted octanol–water partition coefficient (Wildman–Crippen LogP) is 0.446. The lowest BCUT2D eigenvalue weighted by molar-refractivity contribution is -0.149. The molecule has 0 unspecified atom stereocenters. The fraction of sp³-hybridized carbons (Fsp3) is 0.647. The lowest BCUT2D eigenvalue weighted by Gasteiger charge is -2.33. The number of carboxylic acids is 1. The zero-order valence-electron chi connectivity index (χ0n) is 14.4. The maximum Gasteiger partial charge on any atom is 0.311 e. The molecule has 25 heavy (non-hydrogen) atoms. The fourth-order valence-corrected chi connectivity index (χ4v) is 4.45. The molecule has 8 nitrogen and oxygen atoms in total. The quantitative estimate of drug-likeness (QED) is 0.850. The van der Waals surface area contributed by atoms with E-state index in [2.05, 4.69) is 14.9 Å². The van der Waals surface area contributed by atoms with Crippen molar-refractivity contribution in [2.24, 2.45) is 11.3 Å². The van der Waals surface area contributed by atoms with Crippen LogP contribution in [0.4, 0.5) is 11.6 Å². The third-order valence-corrected chi connectivity index (χ3v) is 6.04. The van der Waals surface area contributed by atoms with Gasteiger partial charge in [-0.1, -0.05) is 6.42 Å². The molecular weight excluding hydrogens is 322 g/mol.